The molecule has 0 aliphatic rings. The number of allylic oxidation sites excluding steroid dienone is 6. The zero-order valence-electron chi connectivity index (χ0n) is 31.2. The van der Waals surface area contributed by atoms with Crippen molar-refractivity contribution in [3.05, 3.63) is 36.5 Å². The number of hydrogen-bond acceptors (Lipinski definition) is 7. The van der Waals surface area contributed by atoms with E-state index in [2.05, 4.69) is 50.3 Å². The van der Waals surface area contributed by atoms with E-state index < -0.39 is 32.5 Å². The van der Waals surface area contributed by atoms with Crippen LogP contribution in [0, 0.1) is 0 Å². The van der Waals surface area contributed by atoms with E-state index in [1.165, 1.54) is 51.4 Å². The van der Waals surface area contributed by atoms with Crippen LogP contribution in [0.1, 0.15) is 142 Å². The van der Waals surface area contributed by atoms with Crippen LogP contribution in [0.15, 0.2) is 36.5 Å². The molecular weight excluding hydrogens is 629 g/mol. The predicted molar refractivity (Wildman–Crippen MR) is 197 cm³/mol. The molecule has 0 bridgehead atoms. The van der Waals surface area contributed by atoms with Crippen LogP contribution < -0.4 is 0 Å². The van der Waals surface area contributed by atoms with Crippen molar-refractivity contribution in [3.8, 4) is 0 Å². The molecule has 0 rings (SSSR count). The number of likely N-dealkylation sites (N-methyl/N-ethyl adjacent to an activating group) is 1. The highest BCUT2D eigenvalue weighted by molar-refractivity contribution is 7.47. The first-order chi connectivity index (χ1) is 23.0. The number of phosphoric ester groups is 1. The van der Waals surface area contributed by atoms with Gasteiger partial charge in [0.2, 0.25) is 0 Å². The molecule has 10 heteroatoms. The van der Waals surface area contributed by atoms with Gasteiger partial charge in [0, 0.05) is 12.8 Å². The minimum absolute atomic E-state index is 0.0259. The second-order valence-electron chi connectivity index (χ2n) is 13.6. The van der Waals surface area contributed by atoms with E-state index in [0.717, 1.165) is 51.4 Å². The summed E-state index contributed by atoms with van der Waals surface area (Å²) in [5, 5.41) is 0. The summed E-state index contributed by atoms with van der Waals surface area (Å²) in [4.78, 5) is 35.0. The Balaban J connectivity index is 4.50. The largest absolute Gasteiger partial charge is 0.472 e. The van der Waals surface area contributed by atoms with Crippen molar-refractivity contribution in [1.82, 2.24) is 0 Å². The number of unbranched alkanes of at least 4 members (excludes halogenated alkanes) is 13. The van der Waals surface area contributed by atoms with Crippen LogP contribution in [-0.4, -0.2) is 74.9 Å². The lowest BCUT2D eigenvalue weighted by Gasteiger charge is -2.24. The number of nitrogens with zero attached hydrogens (tertiary/aromatic N) is 1. The normalized spacial score (nSPS) is 14.2. The van der Waals surface area contributed by atoms with Gasteiger partial charge >= 0.3 is 19.8 Å². The third-order valence-electron chi connectivity index (χ3n) is 7.67. The summed E-state index contributed by atoms with van der Waals surface area (Å²) >= 11 is 0. The molecule has 0 heterocycles. The highest BCUT2D eigenvalue weighted by Crippen LogP contribution is 2.43. The van der Waals surface area contributed by atoms with Crippen molar-refractivity contribution in [3.63, 3.8) is 0 Å². The van der Waals surface area contributed by atoms with Gasteiger partial charge in [-0.15, -0.1) is 0 Å². The minimum atomic E-state index is -4.37. The highest BCUT2D eigenvalue weighted by atomic mass is 31.2. The average molecular weight is 701 g/mol. The van der Waals surface area contributed by atoms with Crippen LogP contribution in [-0.2, 0) is 32.7 Å². The lowest BCUT2D eigenvalue weighted by Crippen LogP contribution is -2.37. The van der Waals surface area contributed by atoms with Crippen molar-refractivity contribution in [1.29, 1.82) is 0 Å². The Hall–Kier alpha value is -1.77. The van der Waals surface area contributed by atoms with E-state index in [9.17, 15) is 19.0 Å². The fourth-order valence-electron chi connectivity index (χ4n) is 4.67. The Morgan fingerprint density at radius 1 is 0.646 bits per heavy atom. The Morgan fingerprint density at radius 2 is 1.12 bits per heavy atom. The minimum Gasteiger partial charge on any atom is -0.462 e. The summed E-state index contributed by atoms with van der Waals surface area (Å²) in [6.07, 6.45) is 32.0. The van der Waals surface area contributed by atoms with E-state index in [4.69, 9.17) is 18.5 Å². The van der Waals surface area contributed by atoms with Crippen LogP contribution in [0.4, 0.5) is 0 Å². The summed E-state index contributed by atoms with van der Waals surface area (Å²) in [6.45, 7) is 4.30. The molecule has 0 fully saturated rings. The van der Waals surface area contributed by atoms with E-state index in [1.807, 2.05) is 21.1 Å². The Labute approximate surface area is 293 Å². The van der Waals surface area contributed by atoms with Gasteiger partial charge in [0.1, 0.15) is 19.8 Å². The van der Waals surface area contributed by atoms with Gasteiger partial charge in [0.05, 0.1) is 27.7 Å². The topological polar surface area (TPSA) is 108 Å². The third-order valence-corrected chi connectivity index (χ3v) is 8.66. The number of phosphoric acid groups is 1. The van der Waals surface area contributed by atoms with Crippen molar-refractivity contribution in [2.45, 2.75) is 148 Å². The van der Waals surface area contributed by atoms with Gasteiger partial charge in [0.15, 0.2) is 6.10 Å². The SMILES string of the molecule is CCCCC/C=C\C/C=C\C/C=C\CCCCC(=O)OC[C@H](COP(=O)(O)OCC[N+](C)(C)C)OC(=O)CCCCCCCCCCC. The van der Waals surface area contributed by atoms with Crippen LogP contribution in [0.25, 0.3) is 0 Å². The van der Waals surface area contributed by atoms with Crippen LogP contribution in [0.5, 0.6) is 0 Å². The van der Waals surface area contributed by atoms with Gasteiger partial charge in [-0.1, -0.05) is 115 Å². The standard InChI is InChI=1S/C38H70NO8P/c1-6-8-10-12-14-16-17-18-19-20-21-23-24-26-28-30-37(40)44-34-36(35-46-48(42,43)45-33-32-39(3,4)5)47-38(41)31-29-27-25-22-15-13-11-9-7-2/h14,16,18-19,21,23,36H,6-13,15,17,20,22,24-35H2,1-5H3/p+1/b16-14-,19-18-,23-21-/t36-/m1/s1. The summed E-state index contributed by atoms with van der Waals surface area (Å²) in [7, 11) is 1.45. The maximum atomic E-state index is 12.5. The first kappa shape index (κ1) is 46.2. The zero-order chi connectivity index (χ0) is 35.8. The summed E-state index contributed by atoms with van der Waals surface area (Å²) in [5.74, 6) is -0.849. The van der Waals surface area contributed by atoms with Gasteiger partial charge in [-0.05, 0) is 51.4 Å². The number of hydrogen-bond donors (Lipinski definition) is 1. The molecule has 0 aliphatic heterocycles. The molecule has 0 aromatic rings. The van der Waals surface area contributed by atoms with Crippen molar-refractivity contribution >= 4 is 19.8 Å². The quantitative estimate of drug-likeness (QED) is 0.0237. The lowest BCUT2D eigenvalue weighted by atomic mass is 10.1. The summed E-state index contributed by atoms with van der Waals surface area (Å²) in [5.41, 5.74) is 0. The molecule has 0 radical (unpaired) electrons. The number of ether oxygens (including phenoxy) is 2. The molecule has 280 valence electrons. The third kappa shape index (κ3) is 34.1. The Bertz CT molecular complexity index is 928. The smallest absolute Gasteiger partial charge is 0.462 e. The second-order valence-corrected chi connectivity index (χ2v) is 15.1. The fraction of sp³-hybridized carbons (Fsp3) is 0.789. The number of quaternary nitrogens is 1. The van der Waals surface area contributed by atoms with E-state index in [-0.39, 0.29) is 26.1 Å². The molecule has 0 aliphatic carbocycles. The van der Waals surface area contributed by atoms with Gasteiger partial charge in [-0.3, -0.25) is 18.6 Å². The van der Waals surface area contributed by atoms with E-state index >= 15 is 0 Å². The molecule has 0 amide bonds. The molecule has 2 atom stereocenters. The molecular formula is C38H71NO8P+. The second kappa shape index (κ2) is 31.2. The molecule has 48 heavy (non-hydrogen) atoms. The van der Waals surface area contributed by atoms with Crippen molar-refractivity contribution in [2.75, 3.05) is 47.5 Å². The van der Waals surface area contributed by atoms with Crippen LogP contribution >= 0.6 is 7.82 Å². The molecule has 0 spiro atoms. The molecule has 0 aromatic carbocycles. The summed E-state index contributed by atoms with van der Waals surface area (Å²) in [6, 6.07) is 0. The fourth-order valence-corrected chi connectivity index (χ4v) is 5.41. The van der Waals surface area contributed by atoms with Gasteiger partial charge in [-0.2, -0.15) is 0 Å². The van der Waals surface area contributed by atoms with Crippen molar-refractivity contribution in [2.24, 2.45) is 0 Å². The number of esters is 2. The van der Waals surface area contributed by atoms with Crippen molar-refractivity contribution < 1.29 is 42.1 Å². The maximum Gasteiger partial charge on any atom is 0.472 e. The van der Waals surface area contributed by atoms with E-state index in [1.54, 1.807) is 0 Å². The van der Waals surface area contributed by atoms with Crippen LogP contribution in [0.2, 0.25) is 0 Å². The monoisotopic (exact) mass is 700 g/mol. The van der Waals surface area contributed by atoms with Gasteiger partial charge < -0.3 is 18.9 Å². The molecule has 1 N–H and O–H groups in total. The van der Waals surface area contributed by atoms with Gasteiger partial charge in [-0.25, -0.2) is 4.57 Å². The molecule has 0 saturated heterocycles. The lowest BCUT2D eigenvalue weighted by molar-refractivity contribution is -0.870. The molecule has 9 nitrogen and oxygen atoms in total. The maximum absolute atomic E-state index is 12.5. The number of carbonyl (C=O) groups is 2. The number of rotatable bonds is 33. The predicted octanol–water partition coefficient (Wildman–Crippen LogP) is 9.79. The number of carbonyl (C=O) groups excluding carboxylic acids is 2. The van der Waals surface area contributed by atoms with Gasteiger partial charge in [0.25, 0.3) is 0 Å². The van der Waals surface area contributed by atoms with Crippen LogP contribution in [0.3, 0.4) is 0 Å². The molecule has 0 saturated carbocycles. The first-order valence-corrected chi connectivity index (χ1v) is 20.2. The first-order valence-electron chi connectivity index (χ1n) is 18.7. The Kier molecular flexibility index (Phi) is 30.1. The Morgan fingerprint density at radius 3 is 1.71 bits per heavy atom. The zero-order valence-corrected chi connectivity index (χ0v) is 32.1. The molecule has 1 unspecified atom stereocenters. The summed E-state index contributed by atoms with van der Waals surface area (Å²) < 4.78 is 34.0. The molecule has 0 aromatic heterocycles. The van der Waals surface area contributed by atoms with E-state index in [0.29, 0.717) is 23.9 Å². The average Bonchev–Trinajstić information content (AvgIpc) is 3.02. The highest BCUT2D eigenvalue weighted by Gasteiger charge is 2.27.